The van der Waals surface area contributed by atoms with Crippen molar-refractivity contribution in [1.82, 2.24) is 0 Å². The van der Waals surface area contributed by atoms with Crippen LogP contribution in [-0.2, 0) is 9.53 Å². The van der Waals surface area contributed by atoms with Gasteiger partial charge in [-0.3, -0.25) is 4.79 Å². The molecule has 0 aliphatic carbocycles. The number of ether oxygens (including phenoxy) is 1. The molecule has 2 aromatic rings. The second kappa shape index (κ2) is 7.36. The summed E-state index contributed by atoms with van der Waals surface area (Å²) in [5, 5.41) is 12.7. The van der Waals surface area contributed by atoms with E-state index in [1.807, 2.05) is 32.9 Å². The van der Waals surface area contributed by atoms with E-state index in [0.29, 0.717) is 5.69 Å². The van der Waals surface area contributed by atoms with Gasteiger partial charge in [-0.05, 0) is 50.1 Å². The van der Waals surface area contributed by atoms with Crippen molar-refractivity contribution in [2.24, 2.45) is 0 Å². The highest BCUT2D eigenvalue weighted by atomic mass is 35.5. The molecule has 0 radical (unpaired) electrons. The summed E-state index contributed by atoms with van der Waals surface area (Å²) in [4.78, 5) is 23.9. The second-order valence-corrected chi connectivity index (χ2v) is 6.00. The summed E-state index contributed by atoms with van der Waals surface area (Å²) < 4.78 is 4.93. The first-order chi connectivity index (χ1) is 11.3. The van der Waals surface area contributed by atoms with Crippen LogP contribution >= 0.6 is 11.6 Å². The zero-order chi connectivity index (χ0) is 17.9. The summed E-state index contributed by atoms with van der Waals surface area (Å²) >= 11 is 5.78. The fraction of sp³-hybridized carbons (Fsp3) is 0.222. The van der Waals surface area contributed by atoms with Gasteiger partial charge in [-0.25, -0.2) is 4.79 Å². The average molecular weight is 348 g/mol. The van der Waals surface area contributed by atoms with Crippen molar-refractivity contribution in [3.05, 3.63) is 57.6 Å². The summed E-state index contributed by atoms with van der Waals surface area (Å²) in [6, 6.07) is 7.93. The van der Waals surface area contributed by atoms with Gasteiger partial charge in [0, 0.05) is 10.7 Å². The lowest BCUT2D eigenvalue weighted by Gasteiger charge is -2.13. The zero-order valence-electron chi connectivity index (χ0n) is 13.6. The minimum Gasteiger partial charge on any atom is -0.507 e. The monoisotopic (exact) mass is 347 g/mol. The topological polar surface area (TPSA) is 75.6 Å². The molecule has 0 aliphatic heterocycles. The second-order valence-electron chi connectivity index (χ2n) is 5.56. The Morgan fingerprint density at radius 1 is 1.12 bits per heavy atom. The van der Waals surface area contributed by atoms with Gasteiger partial charge < -0.3 is 15.2 Å². The number of halogens is 1. The lowest BCUT2D eigenvalue weighted by Crippen LogP contribution is -2.22. The number of amides is 1. The van der Waals surface area contributed by atoms with Crippen LogP contribution in [-0.4, -0.2) is 23.6 Å². The largest absolute Gasteiger partial charge is 0.507 e. The van der Waals surface area contributed by atoms with Crippen LogP contribution in [0.1, 0.15) is 27.0 Å². The lowest BCUT2D eigenvalue weighted by molar-refractivity contribution is -0.119. The van der Waals surface area contributed by atoms with Gasteiger partial charge in [0.15, 0.2) is 6.61 Å². The predicted molar refractivity (Wildman–Crippen MR) is 92.7 cm³/mol. The van der Waals surface area contributed by atoms with Gasteiger partial charge in [-0.2, -0.15) is 0 Å². The van der Waals surface area contributed by atoms with E-state index in [1.165, 1.54) is 18.2 Å². The number of anilines is 1. The van der Waals surface area contributed by atoms with Crippen molar-refractivity contribution in [2.45, 2.75) is 20.8 Å². The highest BCUT2D eigenvalue weighted by Crippen LogP contribution is 2.23. The first-order valence-electron chi connectivity index (χ1n) is 7.31. The Labute approximate surface area is 145 Å². The molecule has 6 heteroatoms. The molecule has 2 rings (SSSR count). The summed E-state index contributed by atoms with van der Waals surface area (Å²) in [6.45, 7) is 5.31. The molecule has 2 aromatic carbocycles. The Bertz CT molecular complexity index is 779. The molecule has 0 saturated carbocycles. The molecule has 1 amide bonds. The fourth-order valence-corrected chi connectivity index (χ4v) is 2.61. The maximum Gasteiger partial charge on any atom is 0.342 e. The number of esters is 1. The molecule has 0 bridgehead atoms. The van der Waals surface area contributed by atoms with E-state index >= 15 is 0 Å². The number of carbonyl (C=O) groups excluding carboxylic acids is 2. The predicted octanol–water partition coefficient (Wildman–Crippen LogP) is 3.77. The standard InChI is InChI=1S/C18H18ClNO4/c1-10-6-11(2)17(12(3)7-10)20-16(22)9-24-18(23)14-8-13(19)4-5-15(14)21/h4-8,21H,9H2,1-3H3,(H,20,22). The first-order valence-corrected chi connectivity index (χ1v) is 7.69. The maximum absolute atomic E-state index is 12.0. The Hall–Kier alpha value is -2.53. The normalized spacial score (nSPS) is 10.3. The van der Waals surface area contributed by atoms with E-state index in [0.717, 1.165) is 16.7 Å². The number of aryl methyl sites for hydroxylation is 3. The molecule has 0 fully saturated rings. The fourth-order valence-electron chi connectivity index (χ4n) is 2.43. The third-order valence-corrected chi connectivity index (χ3v) is 3.69. The molecule has 0 heterocycles. The molecule has 126 valence electrons. The zero-order valence-corrected chi connectivity index (χ0v) is 14.4. The van der Waals surface area contributed by atoms with E-state index in [-0.39, 0.29) is 16.3 Å². The van der Waals surface area contributed by atoms with Crippen molar-refractivity contribution < 1.29 is 19.4 Å². The number of phenols is 1. The van der Waals surface area contributed by atoms with Gasteiger partial charge in [-0.15, -0.1) is 0 Å². The summed E-state index contributed by atoms with van der Waals surface area (Å²) in [6.07, 6.45) is 0. The SMILES string of the molecule is Cc1cc(C)c(NC(=O)COC(=O)c2cc(Cl)ccc2O)c(C)c1. The molecule has 0 unspecified atom stereocenters. The number of carbonyl (C=O) groups is 2. The molecule has 0 aromatic heterocycles. The van der Waals surface area contributed by atoms with E-state index in [4.69, 9.17) is 16.3 Å². The average Bonchev–Trinajstić information content (AvgIpc) is 2.50. The lowest BCUT2D eigenvalue weighted by atomic mass is 10.1. The Balaban J connectivity index is 2.01. The molecular formula is C18H18ClNO4. The number of hydrogen-bond acceptors (Lipinski definition) is 4. The number of rotatable bonds is 4. The van der Waals surface area contributed by atoms with E-state index in [1.54, 1.807) is 0 Å². The molecule has 0 atom stereocenters. The quantitative estimate of drug-likeness (QED) is 0.825. The third kappa shape index (κ3) is 4.26. The third-order valence-electron chi connectivity index (χ3n) is 3.45. The van der Waals surface area contributed by atoms with Gasteiger partial charge in [0.25, 0.3) is 5.91 Å². The highest BCUT2D eigenvalue weighted by Gasteiger charge is 2.16. The van der Waals surface area contributed by atoms with Crippen LogP contribution in [0.2, 0.25) is 5.02 Å². The Kier molecular flexibility index (Phi) is 5.46. The summed E-state index contributed by atoms with van der Waals surface area (Å²) in [7, 11) is 0. The number of nitrogens with one attached hydrogen (secondary N) is 1. The minimum atomic E-state index is -0.817. The van der Waals surface area contributed by atoms with E-state index in [9.17, 15) is 14.7 Å². The molecule has 0 aliphatic rings. The van der Waals surface area contributed by atoms with Crippen LogP contribution in [0.4, 0.5) is 5.69 Å². The van der Waals surface area contributed by atoms with Crippen LogP contribution < -0.4 is 5.32 Å². The van der Waals surface area contributed by atoms with E-state index in [2.05, 4.69) is 5.32 Å². The first kappa shape index (κ1) is 17.8. The van der Waals surface area contributed by atoms with Crippen LogP contribution in [0.15, 0.2) is 30.3 Å². The highest BCUT2D eigenvalue weighted by molar-refractivity contribution is 6.31. The number of benzene rings is 2. The Morgan fingerprint density at radius 2 is 1.75 bits per heavy atom. The van der Waals surface area contributed by atoms with Crippen molar-refractivity contribution in [1.29, 1.82) is 0 Å². The maximum atomic E-state index is 12.0. The molecule has 0 saturated heterocycles. The minimum absolute atomic E-state index is 0.0852. The van der Waals surface area contributed by atoms with Crippen molar-refractivity contribution >= 4 is 29.2 Å². The van der Waals surface area contributed by atoms with Gasteiger partial charge in [0.2, 0.25) is 0 Å². The summed E-state index contributed by atoms with van der Waals surface area (Å²) in [5.41, 5.74) is 3.58. The van der Waals surface area contributed by atoms with Gasteiger partial charge >= 0.3 is 5.97 Å². The van der Waals surface area contributed by atoms with Gasteiger partial charge in [0.05, 0.1) is 0 Å². The van der Waals surface area contributed by atoms with Gasteiger partial charge in [0.1, 0.15) is 11.3 Å². The van der Waals surface area contributed by atoms with Gasteiger partial charge in [-0.1, -0.05) is 29.3 Å². The number of aromatic hydroxyl groups is 1. The smallest absolute Gasteiger partial charge is 0.342 e. The van der Waals surface area contributed by atoms with Crippen LogP contribution in [0.5, 0.6) is 5.75 Å². The Morgan fingerprint density at radius 3 is 2.38 bits per heavy atom. The van der Waals surface area contributed by atoms with Crippen LogP contribution in [0.3, 0.4) is 0 Å². The van der Waals surface area contributed by atoms with Crippen molar-refractivity contribution in [3.8, 4) is 5.75 Å². The molecule has 2 N–H and O–H groups in total. The number of hydrogen-bond donors (Lipinski definition) is 2. The van der Waals surface area contributed by atoms with E-state index < -0.39 is 18.5 Å². The molecular weight excluding hydrogens is 330 g/mol. The molecule has 5 nitrogen and oxygen atoms in total. The van der Waals surface area contributed by atoms with Crippen LogP contribution in [0.25, 0.3) is 0 Å². The van der Waals surface area contributed by atoms with Crippen LogP contribution in [0, 0.1) is 20.8 Å². The van der Waals surface area contributed by atoms with Crippen molar-refractivity contribution in [2.75, 3.05) is 11.9 Å². The molecule has 24 heavy (non-hydrogen) atoms. The molecule has 0 spiro atoms. The van der Waals surface area contributed by atoms with Crippen molar-refractivity contribution in [3.63, 3.8) is 0 Å². The summed E-state index contributed by atoms with van der Waals surface area (Å²) in [5.74, 6) is -1.53. The number of phenolic OH excluding ortho intramolecular Hbond substituents is 1.